The molecule has 1 rings (SSSR count). The largest absolute Gasteiger partial charge is 1.00 e. The molecule has 48 valence electrons. The van der Waals surface area contributed by atoms with E-state index >= 15 is 0 Å². The summed E-state index contributed by atoms with van der Waals surface area (Å²) in [6.07, 6.45) is 0. The summed E-state index contributed by atoms with van der Waals surface area (Å²) in [4.78, 5) is 0. The zero-order valence-corrected chi connectivity index (χ0v) is 8.87. The summed E-state index contributed by atoms with van der Waals surface area (Å²) in [5.41, 5.74) is 6.98. The van der Waals surface area contributed by atoms with Crippen molar-refractivity contribution in [2.45, 2.75) is 6.92 Å². The Bertz CT molecular complexity index is 225. The Labute approximate surface area is 87.9 Å². The predicted molar refractivity (Wildman–Crippen MR) is 39.4 cm³/mol. The summed E-state index contributed by atoms with van der Waals surface area (Å²) in [7, 11) is 0. The van der Waals surface area contributed by atoms with Crippen molar-refractivity contribution >= 4 is 17.3 Å². The average molecular weight is 164 g/mol. The Balaban J connectivity index is 0.000000810. The Morgan fingerprint density at radius 1 is 1.60 bits per heavy atom. The summed E-state index contributed by atoms with van der Waals surface area (Å²) in [5, 5.41) is 0.700. The van der Waals surface area contributed by atoms with Gasteiger partial charge in [-0.05, 0) is 0 Å². The summed E-state index contributed by atoms with van der Waals surface area (Å²) in [6, 6.07) is 6.30. The van der Waals surface area contributed by atoms with E-state index in [-0.39, 0.29) is 29.6 Å². The van der Waals surface area contributed by atoms with Crippen LogP contribution in [0.25, 0.3) is 0 Å². The number of benzene rings is 1. The molecule has 0 aliphatic heterocycles. The number of aryl methyl sites for hydroxylation is 1. The van der Waals surface area contributed by atoms with Crippen molar-refractivity contribution in [1.29, 1.82) is 0 Å². The van der Waals surface area contributed by atoms with Crippen LogP contribution in [0.4, 0.5) is 5.69 Å². The van der Waals surface area contributed by atoms with Crippen molar-refractivity contribution in [2.75, 3.05) is 5.73 Å². The fourth-order valence-electron chi connectivity index (χ4n) is 0.553. The Morgan fingerprint density at radius 2 is 2.20 bits per heavy atom. The van der Waals surface area contributed by atoms with Crippen LogP contribution in [0, 0.1) is 13.0 Å². The van der Waals surface area contributed by atoms with Crippen molar-refractivity contribution in [3.63, 3.8) is 0 Å². The molecule has 0 spiro atoms. The van der Waals surface area contributed by atoms with E-state index in [1.54, 1.807) is 12.1 Å². The second kappa shape index (κ2) is 4.24. The standard InChI is InChI=1S/C7H7ClN.Na/c1-5-2-3-6(9)4-7(5)8;/h2,4H,9H2,1H3;/q-1;+1. The van der Waals surface area contributed by atoms with Crippen LogP contribution in [0.5, 0.6) is 0 Å². The summed E-state index contributed by atoms with van der Waals surface area (Å²) < 4.78 is 0. The molecule has 1 aromatic carbocycles. The van der Waals surface area contributed by atoms with Gasteiger partial charge in [-0.15, -0.1) is 23.2 Å². The minimum absolute atomic E-state index is 0. The first-order chi connectivity index (χ1) is 4.20. The SMILES string of the molecule is Cc1c[c-]c(N)cc1Cl.[Na+]. The normalized spacial score (nSPS) is 8.60. The van der Waals surface area contributed by atoms with Crippen LogP contribution in [0.1, 0.15) is 5.56 Å². The number of hydrogen-bond donors (Lipinski definition) is 1. The Kier molecular flexibility index (Phi) is 4.37. The second-order valence-corrected chi connectivity index (χ2v) is 2.33. The quantitative estimate of drug-likeness (QED) is 0.298. The van der Waals surface area contributed by atoms with E-state index < -0.39 is 0 Å². The summed E-state index contributed by atoms with van der Waals surface area (Å²) in [5.74, 6) is 0. The molecule has 0 aliphatic rings. The number of halogens is 1. The maximum Gasteiger partial charge on any atom is 1.00 e. The third-order valence-electron chi connectivity index (χ3n) is 1.11. The topological polar surface area (TPSA) is 26.0 Å². The van der Waals surface area contributed by atoms with Gasteiger partial charge in [0.2, 0.25) is 0 Å². The second-order valence-electron chi connectivity index (χ2n) is 1.92. The van der Waals surface area contributed by atoms with E-state index in [9.17, 15) is 0 Å². The maximum atomic E-state index is 5.71. The van der Waals surface area contributed by atoms with Crippen LogP contribution in [0.15, 0.2) is 12.1 Å². The molecule has 0 fully saturated rings. The molecule has 10 heavy (non-hydrogen) atoms. The monoisotopic (exact) mass is 163 g/mol. The first-order valence-electron chi connectivity index (χ1n) is 2.63. The molecule has 3 heteroatoms. The van der Waals surface area contributed by atoms with Gasteiger partial charge in [-0.25, -0.2) is 0 Å². The molecule has 0 heterocycles. The first-order valence-corrected chi connectivity index (χ1v) is 3.01. The van der Waals surface area contributed by atoms with Gasteiger partial charge in [0, 0.05) is 0 Å². The minimum Gasteiger partial charge on any atom is -0.420 e. The molecular weight excluding hydrogens is 157 g/mol. The smallest absolute Gasteiger partial charge is 0.420 e. The van der Waals surface area contributed by atoms with Gasteiger partial charge >= 0.3 is 29.6 Å². The number of nitrogen functional groups attached to an aromatic ring is 1. The van der Waals surface area contributed by atoms with Crippen molar-refractivity contribution in [1.82, 2.24) is 0 Å². The van der Waals surface area contributed by atoms with E-state index in [1.807, 2.05) is 6.92 Å². The van der Waals surface area contributed by atoms with Gasteiger partial charge < -0.3 is 5.73 Å². The van der Waals surface area contributed by atoms with Gasteiger partial charge in [0.15, 0.2) is 0 Å². The van der Waals surface area contributed by atoms with Crippen LogP contribution < -0.4 is 35.3 Å². The summed E-state index contributed by atoms with van der Waals surface area (Å²) >= 11 is 5.71. The van der Waals surface area contributed by atoms with Gasteiger partial charge in [-0.2, -0.15) is 12.1 Å². The van der Waals surface area contributed by atoms with Gasteiger partial charge in [-0.3, -0.25) is 0 Å². The van der Waals surface area contributed by atoms with Crippen LogP contribution in [0.2, 0.25) is 5.02 Å². The molecule has 0 amide bonds. The fraction of sp³-hybridized carbons (Fsp3) is 0.143. The molecule has 2 N–H and O–H groups in total. The van der Waals surface area contributed by atoms with Gasteiger partial charge in [0.1, 0.15) is 0 Å². The molecule has 1 nitrogen and oxygen atoms in total. The van der Waals surface area contributed by atoms with E-state index in [0.29, 0.717) is 10.7 Å². The first kappa shape index (κ1) is 10.3. The molecule has 0 aliphatic carbocycles. The van der Waals surface area contributed by atoms with Gasteiger partial charge in [0.05, 0.1) is 0 Å². The molecule has 0 aromatic heterocycles. The molecular formula is C7H7ClNNa. The molecule has 0 radical (unpaired) electrons. The van der Waals surface area contributed by atoms with E-state index in [1.165, 1.54) is 0 Å². The van der Waals surface area contributed by atoms with E-state index in [2.05, 4.69) is 6.07 Å². The van der Waals surface area contributed by atoms with Gasteiger partial charge in [-0.1, -0.05) is 17.6 Å². The van der Waals surface area contributed by atoms with Gasteiger partial charge in [0.25, 0.3) is 0 Å². The third kappa shape index (κ3) is 2.51. The Morgan fingerprint density at radius 3 is 2.60 bits per heavy atom. The number of hydrogen-bond acceptors (Lipinski definition) is 1. The van der Waals surface area contributed by atoms with Crippen molar-refractivity contribution in [3.05, 3.63) is 28.8 Å². The molecule has 0 atom stereocenters. The predicted octanol–water partition coefficient (Wildman–Crippen LogP) is -0.965. The third-order valence-corrected chi connectivity index (χ3v) is 1.52. The maximum absolute atomic E-state index is 5.71. The molecule has 1 aromatic rings. The molecule has 0 bridgehead atoms. The number of anilines is 1. The average Bonchev–Trinajstić information content (AvgIpc) is 1.80. The molecule has 0 saturated heterocycles. The van der Waals surface area contributed by atoms with Crippen LogP contribution in [-0.4, -0.2) is 0 Å². The van der Waals surface area contributed by atoms with Crippen molar-refractivity contribution in [2.24, 2.45) is 0 Å². The van der Waals surface area contributed by atoms with Crippen molar-refractivity contribution in [3.8, 4) is 0 Å². The fourth-order valence-corrected chi connectivity index (χ4v) is 0.725. The van der Waals surface area contributed by atoms with Crippen LogP contribution in [-0.2, 0) is 0 Å². The van der Waals surface area contributed by atoms with E-state index in [4.69, 9.17) is 17.3 Å². The van der Waals surface area contributed by atoms with E-state index in [0.717, 1.165) is 5.56 Å². The van der Waals surface area contributed by atoms with Crippen molar-refractivity contribution < 1.29 is 29.6 Å². The molecule has 0 unspecified atom stereocenters. The zero-order valence-electron chi connectivity index (χ0n) is 6.11. The van der Waals surface area contributed by atoms with Crippen LogP contribution in [0.3, 0.4) is 0 Å². The molecule has 0 saturated carbocycles. The number of rotatable bonds is 0. The summed E-state index contributed by atoms with van der Waals surface area (Å²) in [6.45, 7) is 1.91. The number of nitrogens with two attached hydrogens (primary N) is 1. The van der Waals surface area contributed by atoms with Crippen LogP contribution >= 0.6 is 11.6 Å². The minimum atomic E-state index is 0. The zero-order chi connectivity index (χ0) is 6.85. The Hall–Kier alpha value is 0.310.